The highest BCUT2D eigenvalue weighted by Gasteiger charge is 2.43. The molecule has 1 unspecified atom stereocenters. The lowest BCUT2D eigenvalue weighted by Gasteiger charge is -2.19. The third kappa shape index (κ3) is 4.80. The molecule has 0 radical (unpaired) electrons. The van der Waals surface area contributed by atoms with Gasteiger partial charge in [0.15, 0.2) is 0 Å². The van der Waals surface area contributed by atoms with Crippen molar-refractivity contribution in [2.75, 3.05) is 18.4 Å². The van der Waals surface area contributed by atoms with Gasteiger partial charge in [-0.15, -0.1) is 0 Å². The van der Waals surface area contributed by atoms with E-state index in [1.165, 1.54) is 6.20 Å². The first-order chi connectivity index (χ1) is 16.9. The molecule has 3 heterocycles. The Bertz CT molecular complexity index is 1330. The largest absolute Gasteiger partial charge is 0.342 e. The Morgan fingerprint density at radius 3 is 2.40 bits per heavy atom. The van der Waals surface area contributed by atoms with Crippen LogP contribution in [0.25, 0.3) is 0 Å². The lowest BCUT2D eigenvalue weighted by atomic mass is 10.0. The monoisotopic (exact) mass is 487 g/mol. The number of hydrogen-bond donors (Lipinski definition) is 1. The molecular weight excluding hydrogens is 462 g/mol. The smallest absolute Gasteiger partial charge is 0.276 e. The summed E-state index contributed by atoms with van der Waals surface area (Å²) in [5.41, 5.74) is 2.84. The molecule has 3 atom stereocenters. The molecule has 1 N–H and O–H groups in total. The summed E-state index contributed by atoms with van der Waals surface area (Å²) in [5.74, 6) is 7.32. The molecule has 3 aromatic rings. The number of nitrogens with zero attached hydrogens (tertiary/aromatic N) is 4. The molecule has 5 rings (SSSR count). The van der Waals surface area contributed by atoms with Crippen molar-refractivity contribution in [3.05, 3.63) is 76.2 Å². The number of likely N-dealkylation sites (tertiary alicyclic amines) is 1. The third-order valence-electron chi connectivity index (χ3n) is 6.92. The molecule has 178 valence electrons. The molecule has 2 aromatic heterocycles. The normalized spacial score (nSPS) is 20.8. The van der Waals surface area contributed by atoms with Gasteiger partial charge in [0.05, 0.1) is 17.3 Å². The number of benzene rings is 1. The minimum atomic E-state index is -0.339. The second kappa shape index (κ2) is 9.55. The van der Waals surface area contributed by atoms with Crippen molar-refractivity contribution in [3.8, 4) is 11.8 Å². The van der Waals surface area contributed by atoms with E-state index in [4.69, 9.17) is 11.6 Å². The van der Waals surface area contributed by atoms with E-state index in [1.54, 1.807) is 17.8 Å². The molecule has 7 nitrogen and oxygen atoms in total. The lowest BCUT2D eigenvalue weighted by Crippen LogP contribution is -2.28. The van der Waals surface area contributed by atoms with Crippen LogP contribution in [0.2, 0.25) is 5.02 Å². The minimum absolute atomic E-state index is 0.0806. The highest BCUT2D eigenvalue weighted by molar-refractivity contribution is 6.34. The van der Waals surface area contributed by atoms with E-state index >= 15 is 0 Å². The van der Waals surface area contributed by atoms with Gasteiger partial charge < -0.3 is 10.2 Å². The number of carbonyl (C=O) groups excluding carboxylic acids is 2. The Labute approximate surface area is 209 Å². The van der Waals surface area contributed by atoms with Crippen LogP contribution in [0.3, 0.4) is 0 Å². The van der Waals surface area contributed by atoms with Crippen molar-refractivity contribution in [1.82, 2.24) is 19.7 Å². The Morgan fingerprint density at radius 1 is 1.06 bits per heavy atom. The van der Waals surface area contributed by atoms with Gasteiger partial charge in [-0.05, 0) is 55.4 Å². The number of hydrogen-bond acceptors (Lipinski definition) is 4. The fourth-order valence-electron chi connectivity index (χ4n) is 5.16. The predicted octanol–water partition coefficient (Wildman–Crippen LogP) is 4.32. The lowest BCUT2D eigenvalue weighted by molar-refractivity contribution is -0.128. The number of carbonyl (C=O) groups is 2. The van der Waals surface area contributed by atoms with Gasteiger partial charge in [0.1, 0.15) is 11.5 Å². The Balaban J connectivity index is 1.30. The topological polar surface area (TPSA) is 80.1 Å². The number of anilines is 1. The summed E-state index contributed by atoms with van der Waals surface area (Å²) in [6.45, 7) is 5.05. The number of pyridine rings is 1. The average Bonchev–Trinajstić information content (AvgIpc) is 3.53. The number of fused-ring (bicyclic) bond motifs is 1. The standard InChI is InChI=1S/C27H26ClN5O2/c1-17-10-20(9-8-19-6-4-3-5-7-19)13-29-26(17)31-27(35)25-24(28)14-30-33(25)23-11-21-15-32(18(2)34)16-22(21)12-23/h3-7,10,13-14,21-23H,11-12,15-16H2,1-2H3,(H,29,31,35)/t21-,22+,23?. The molecule has 2 aliphatic rings. The number of aryl methyl sites for hydroxylation is 1. The van der Waals surface area contributed by atoms with E-state index < -0.39 is 0 Å². The molecule has 1 aromatic carbocycles. The average molecular weight is 488 g/mol. The Morgan fingerprint density at radius 2 is 1.74 bits per heavy atom. The minimum Gasteiger partial charge on any atom is -0.342 e. The Kier molecular flexibility index (Phi) is 6.31. The summed E-state index contributed by atoms with van der Waals surface area (Å²) in [6, 6.07) is 11.7. The first-order valence-electron chi connectivity index (χ1n) is 11.7. The second-order valence-electron chi connectivity index (χ2n) is 9.31. The van der Waals surface area contributed by atoms with Crippen LogP contribution in [0, 0.1) is 30.6 Å². The molecule has 0 spiro atoms. The zero-order valence-electron chi connectivity index (χ0n) is 19.7. The second-order valence-corrected chi connectivity index (χ2v) is 9.72. The molecule has 2 fully saturated rings. The first kappa shape index (κ1) is 23.1. The van der Waals surface area contributed by atoms with Crippen molar-refractivity contribution >= 4 is 29.2 Å². The van der Waals surface area contributed by atoms with Gasteiger partial charge in [0, 0.05) is 37.3 Å². The summed E-state index contributed by atoms with van der Waals surface area (Å²) in [5, 5.41) is 7.64. The molecule has 8 heteroatoms. The molecule has 1 saturated heterocycles. The summed E-state index contributed by atoms with van der Waals surface area (Å²) in [7, 11) is 0. The maximum atomic E-state index is 13.2. The fourth-order valence-corrected chi connectivity index (χ4v) is 5.38. The van der Waals surface area contributed by atoms with Crippen LogP contribution in [0.1, 0.15) is 53.0 Å². The number of amides is 2. The van der Waals surface area contributed by atoms with E-state index in [2.05, 4.69) is 27.2 Å². The highest BCUT2D eigenvalue weighted by atomic mass is 35.5. The van der Waals surface area contributed by atoms with E-state index in [1.807, 2.05) is 48.2 Å². The van der Waals surface area contributed by atoms with Crippen LogP contribution in [0.5, 0.6) is 0 Å². The van der Waals surface area contributed by atoms with Gasteiger partial charge in [0.2, 0.25) is 5.91 Å². The fraction of sp³-hybridized carbons (Fsp3) is 0.333. The van der Waals surface area contributed by atoms with Gasteiger partial charge in [0.25, 0.3) is 5.91 Å². The summed E-state index contributed by atoms with van der Waals surface area (Å²) >= 11 is 6.40. The van der Waals surface area contributed by atoms with Crippen molar-refractivity contribution in [3.63, 3.8) is 0 Å². The van der Waals surface area contributed by atoms with Crippen LogP contribution < -0.4 is 5.32 Å². The molecule has 0 bridgehead atoms. The summed E-state index contributed by atoms with van der Waals surface area (Å²) < 4.78 is 1.75. The molecule has 35 heavy (non-hydrogen) atoms. The maximum Gasteiger partial charge on any atom is 0.276 e. The number of aromatic nitrogens is 3. The molecular formula is C27H26ClN5O2. The first-order valence-corrected chi connectivity index (χ1v) is 12.1. The van der Waals surface area contributed by atoms with Gasteiger partial charge in [-0.1, -0.05) is 41.6 Å². The third-order valence-corrected chi connectivity index (χ3v) is 7.19. The van der Waals surface area contributed by atoms with Crippen LogP contribution in [0.15, 0.2) is 48.8 Å². The van der Waals surface area contributed by atoms with Gasteiger partial charge in [-0.25, -0.2) is 4.98 Å². The molecule has 1 saturated carbocycles. The number of nitrogens with one attached hydrogen (secondary N) is 1. The van der Waals surface area contributed by atoms with Gasteiger partial charge in [-0.3, -0.25) is 14.3 Å². The molecule has 1 aliphatic heterocycles. The van der Waals surface area contributed by atoms with E-state index in [9.17, 15) is 9.59 Å². The van der Waals surface area contributed by atoms with E-state index in [0.29, 0.717) is 28.4 Å². The quantitative estimate of drug-likeness (QED) is 0.558. The zero-order valence-corrected chi connectivity index (χ0v) is 20.4. The number of halogens is 1. The highest BCUT2D eigenvalue weighted by Crippen LogP contribution is 2.44. The summed E-state index contributed by atoms with van der Waals surface area (Å²) in [4.78, 5) is 31.3. The van der Waals surface area contributed by atoms with Crippen molar-refractivity contribution in [2.45, 2.75) is 32.7 Å². The van der Waals surface area contributed by atoms with Crippen LogP contribution in [-0.2, 0) is 4.79 Å². The maximum absolute atomic E-state index is 13.2. The zero-order chi connectivity index (χ0) is 24.5. The van der Waals surface area contributed by atoms with E-state index in [0.717, 1.165) is 42.6 Å². The molecule has 2 amide bonds. The Hall–Kier alpha value is -3.63. The number of rotatable bonds is 3. The van der Waals surface area contributed by atoms with E-state index in [-0.39, 0.29) is 17.9 Å². The van der Waals surface area contributed by atoms with Gasteiger partial charge in [-0.2, -0.15) is 5.10 Å². The predicted molar refractivity (Wildman–Crippen MR) is 134 cm³/mol. The van der Waals surface area contributed by atoms with Crippen LogP contribution in [0.4, 0.5) is 5.82 Å². The van der Waals surface area contributed by atoms with Crippen molar-refractivity contribution in [2.24, 2.45) is 11.8 Å². The van der Waals surface area contributed by atoms with Crippen molar-refractivity contribution < 1.29 is 9.59 Å². The van der Waals surface area contributed by atoms with Gasteiger partial charge >= 0.3 is 0 Å². The summed E-state index contributed by atoms with van der Waals surface area (Å²) in [6.07, 6.45) is 4.92. The van der Waals surface area contributed by atoms with Crippen molar-refractivity contribution in [1.29, 1.82) is 0 Å². The SMILES string of the molecule is CC(=O)N1C[C@H]2CC(n3ncc(Cl)c3C(=O)Nc3ncc(C#Cc4ccccc4)cc3C)C[C@H]2C1. The molecule has 1 aliphatic carbocycles. The van der Waals surface area contributed by atoms with Crippen LogP contribution >= 0.6 is 11.6 Å². The van der Waals surface area contributed by atoms with Crippen LogP contribution in [-0.4, -0.2) is 44.6 Å².